The van der Waals surface area contributed by atoms with Crippen LogP contribution in [0.2, 0.25) is 0 Å². The average Bonchev–Trinajstić information content (AvgIpc) is 2.48. The highest BCUT2D eigenvalue weighted by molar-refractivity contribution is 6.51. The number of fused-ring (bicyclic) bond motifs is 1. The number of nitrogens with zero attached hydrogens (tertiary/aromatic N) is 3. The minimum absolute atomic E-state index is 0.218. The van der Waals surface area contributed by atoms with Crippen LogP contribution in [0.3, 0.4) is 0 Å². The Hall–Kier alpha value is -1.52. The Kier molecular flexibility index (Phi) is 1.72. The summed E-state index contributed by atoms with van der Waals surface area (Å²) in [6.45, 7) is 4.03. The highest BCUT2D eigenvalue weighted by atomic mass is 16.2. The summed E-state index contributed by atoms with van der Waals surface area (Å²) in [5.74, 6) is 0.0555. The van der Waals surface area contributed by atoms with Gasteiger partial charge in [-0.1, -0.05) is 13.8 Å². The van der Waals surface area contributed by atoms with Crippen molar-refractivity contribution in [3.63, 3.8) is 0 Å². The molecule has 1 atom stereocenters. The van der Waals surface area contributed by atoms with E-state index in [1.165, 1.54) is 6.34 Å². The van der Waals surface area contributed by atoms with Gasteiger partial charge in [0.15, 0.2) is 6.04 Å². The van der Waals surface area contributed by atoms with E-state index in [1.54, 1.807) is 0 Å². The maximum atomic E-state index is 11.2. The fourth-order valence-corrected chi connectivity index (χ4v) is 1.36. The summed E-state index contributed by atoms with van der Waals surface area (Å²) in [7, 11) is 0. The van der Waals surface area contributed by atoms with E-state index in [0.29, 0.717) is 0 Å². The molecule has 2 heterocycles. The van der Waals surface area contributed by atoms with Crippen molar-refractivity contribution < 1.29 is 4.79 Å². The highest BCUT2D eigenvalue weighted by Crippen LogP contribution is 2.12. The summed E-state index contributed by atoms with van der Waals surface area (Å²) in [6.07, 6.45) is 1.29. The fraction of sp³-hybridized carbons (Fsp3) is 0.500. The van der Waals surface area contributed by atoms with Gasteiger partial charge in [0.05, 0.1) is 11.4 Å². The molecule has 0 fully saturated rings. The molecule has 68 valence electrons. The van der Waals surface area contributed by atoms with Crippen molar-refractivity contribution in [2.45, 2.75) is 19.9 Å². The number of hydrazone groups is 1. The van der Waals surface area contributed by atoms with Crippen molar-refractivity contribution in [2.75, 3.05) is 0 Å². The Labute approximate surface area is 75.6 Å². The molecule has 0 saturated carbocycles. The number of nitrogens with one attached hydrogen (secondary N) is 1. The first kappa shape index (κ1) is 8.10. The van der Waals surface area contributed by atoms with Gasteiger partial charge in [0.1, 0.15) is 6.34 Å². The van der Waals surface area contributed by atoms with Crippen LogP contribution >= 0.6 is 0 Å². The van der Waals surface area contributed by atoms with Crippen molar-refractivity contribution in [1.29, 1.82) is 0 Å². The SMILES string of the molecule is CC(C)C1=NNC2C(=O)N=CN=C12. The Morgan fingerprint density at radius 1 is 1.54 bits per heavy atom. The van der Waals surface area contributed by atoms with E-state index in [1.807, 2.05) is 13.8 Å². The number of rotatable bonds is 1. The van der Waals surface area contributed by atoms with Crippen LogP contribution in [0.4, 0.5) is 0 Å². The summed E-state index contributed by atoms with van der Waals surface area (Å²) in [5.41, 5.74) is 4.30. The smallest absolute Gasteiger partial charge is 0.277 e. The molecule has 1 amide bonds. The quantitative estimate of drug-likeness (QED) is 0.613. The first-order chi connectivity index (χ1) is 6.20. The van der Waals surface area contributed by atoms with Crippen LogP contribution in [0.15, 0.2) is 15.1 Å². The molecule has 0 saturated heterocycles. The van der Waals surface area contributed by atoms with Gasteiger partial charge in [0.25, 0.3) is 5.91 Å². The lowest BCUT2D eigenvalue weighted by molar-refractivity contribution is -0.118. The molecule has 2 aliphatic heterocycles. The van der Waals surface area contributed by atoms with Gasteiger partial charge in [-0.3, -0.25) is 10.2 Å². The highest BCUT2D eigenvalue weighted by Gasteiger charge is 2.34. The standard InChI is InChI=1S/C8H10N4O/c1-4(2)5-6-7(12-11-5)8(13)10-3-9-6/h3-4,7,12H,1-2H3. The summed E-state index contributed by atoms with van der Waals surface area (Å²) in [4.78, 5) is 18.9. The number of amides is 1. The molecule has 2 aliphatic rings. The molecule has 0 spiro atoms. The van der Waals surface area contributed by atoms with Crippen molar-refractivity contribution in [1.82, 2.24) is 5.43 Å². The van der Waals surface area contributed by atoms with Gasteiger partial charge in [0, 0.05) is 0 Å². The van der Waals surface area contributed by atoms with E-state index in [-0.39, 0.29) is 11.8 Å². The lowest BCUT2D eigenvalue weighted by atomic mass is 9.99. The summed E-state index contributed by atoms with van der Waals surface area (Å²) < 4.78 is 0. The second-order valence-corrected chi connectivity index (χ2v) is 3.31. The Balaban J connectivity index is 2.34. The van der Waals surface area contributed by atoms with E-state index >= 15 is 0 Å². The molecule has 0 bridgehead atoms. The van der Waals surface area contributed by atoms with Gasteiger partial charge in [0.2, 0.25) is 0 Å². The Morgan fingerprint density at radius 2 is 2.31 bits per heavy atom. The van der Waals surface area contributed by atoms with Gasteiger partial charge in [-0.15, -0.1) is 0 Å². The molecule has 1 N–H and O–H groups in total. The molecular formula is C8H10N4O. The van der Waals surface area contributed by atoms with Crippen LogP contribution in [0, 0.1) is 5.92 Å². The molecule has 0 aromatic carbocycles. The molecule has 1 unspecified atom stereocenters. The lowest BCUT2D eigenvalue weighted by Gasteiger charge is -2.11. The normalized spacial score (nSPS) is 25.5. The van der Waals surface area contributed by atoms with E-state index in [2.05, 4.69) is 20.5 Å². The van der Waals surface area contributed by atoms with E-state index in [0.717, 1.165) is 11.4 Å². The van der Waals surface area contributed by atoms with E-state index < -0.39 is 6.04 Å². The number of hydrogen-bond donors (Lipinski definition) is 1. The van der Waals surface area contributed by atoms with Crippen molar-refractivity contribution in [3.8, 4) is 0 Å². The van der Waals surface area contributed by atoms with Crippen molar-refractivity contribution in [3.05, 3.63) is 0 Å². The number of carbonyl (C=O) groups excluding carboxylic acids is 1. The molecule has 5 nitrogen and oxygen atoms in total. The predicted molar refractivity (Wildman–Crippen MR) is 50.1 cm³/mol. The van der Waals surface area contributed by atoms with Gasteiger partial charge in [-0.25, -0.2) is 4.99 Å². The largest absolute Gasteiger partial charge is 0.291 e. The maximum absolute atomic E-state index is 11.2. The van der Waals surface area contributed by atoms with Crippen LogP contribution in [0.5, 0.6) is 0 Å². The fourth-order valence-electron chi connectivity index (χ4n) is 1.36. The van der Waals surface area contributed by atoms with Crippen LogP contribution in [-0.4, -0.2) is 29.7 Å². The lowest BCUT2D eigenvalue weighted by Crippen LogP contribution is -2.39. The molecule has 13 heavy (non-hydrogen) atoms. The van der Waals surface area contributed by atoms with Crippen molar-refractivity contribution in [2.24, 2.45) is 21.0 Å². The number of aliphatic imine (C=N–C) groups is 2. The van der Waals surface area contributed by atoms with Gasteiger partial charge >= 0.3 is 0 Å². The zero-order valence-corrected chi connectivity index (χ0v) is 7.48. The molecule has 0 aromatic rings. The topological polar surface area (TPSA) is 66.2 Å². The van der Waals surface area contributed by atoms with Crippen molar-refractivity contribution >= 4 is 23.7 Å². The summed E-state index contributed by atoms with van der Waals surface area (Å²) >= 11 is 0. The third-order valence-corrected chi connectivity index (χ3v) is 2.03. The molecule has 0 aromatic heterocycles. The van der Waals surface area contributed by atoms with E-state index in [9.17, 15) is 4.79 Å². The van der Waals surface area contributed by atoms with Crippen LogP contribution < -0.4 is 5.43 Å². The van der Waals surface area contributed by atoms with E-state index in [4.69, 9.17) is 0 Å². The first-order valence-corrected chi connectivity index (χ1v) is 4.17. The second kappa shape index (κ2) is 2.76. The molecular weight excluding hydrogens is 168 g/mol. The second-order valence-electron chi connectivity index (χ2n) is 3.31. The average molecular weight is 178 g/mol. The van der Waals surface area contributed by atoms with Crippen LogP contribution in [-0.2, 0) is 4.79 Å². The molecule has 2 rings (SSSR count). The van der Waals surface area contributed by atoms with Gasteiger partial charge in [-0.2, -0.15) is 10.1 Å². The zero-order valence-electron chi connectivity index (χ0n) is 7.48. The predicted octanol–water partition coefficient (Wildman–Crippen LogP) is -0.0203. The number of hydrogen-bond acceptors (Lipinski definition) is 4. The summed E-state index contributed by atoms with van der Waals surface area (Å²) in [6, 6.07) is -0.442. The van der Waals surface area contributed by atoms with Gasteiger partial charge < -0.3 is 0 Å². The minimum Gasteiger partial charge on any atom is -0.291 e. The summed E-state index contributed by atoms with van der Waals surface area (Å²) in [5, 5.41) is 4.07. The Bertz CT molecular complexity index is 340. The number of carbonyl (C=O) groups is 1. The first-order valence-electron chi connectivity index (χ1n) is 4.17. The Morgan fingerprint density at radius 3 is 3.00 bits per heavy atom. The zero-order chi connectivity index (χ0) is 9.42. The van der Waals surface area contributed by atoms with Crippen LogP contribution in [0.25, 0.3) is 0 Å². The molecule has 5 heteroatoms. The third-order valence-electron chi connectivity index (χ3n) is 2.03. The monoisotopic (exact) mass is 178 g/mol. The third kappa shape index (κ3) is 1.16. The minimum atomic E-state index is -0.442. The van der Waals surface area contributed by atoms with Crippen LogP contribution in [0.1, 0.15) is 13.8 Å². The molecule has 0 aliphatic carbocycles. The molecule has 0 radical (unpaired) electrons. The maximum Gasteiger partial charge on any atom is 0.277 e. The van der Waals surface area contributed by atoms with Gasteiger partial charge in [-0.05, 0) is 5.92 Å².